The Morgan fingerprint density at radius 2 is 1.76 bits per heavy atom. The van der Waals surface area contributed by atoms with Gasteiger partial charge in [0.1, 0.15) is 6.61 Å². The molecular weight excluding hydrogens is 396 g/mol. The first-order valence-electron chi connectivity index (χ1n) is 9.35. The summed E-state index contributed by atoms with van der Waals surface area (Å²) in [5.41, 5.74) is 0.0675. The molecule has 1 saturated heterocycles. The van der Waals surface area contributed by atoms with Crippen molar-refractivity contribution in [3.05, 3.63) is 64.6 Å². The van der Waals surface area contributed by atoms with Crippen LogP contribution in [-0.2, 0) is 26.0 Å². The monoisotopic (exact) mass is 420 g/mol. The van der Waals surface area contributed by atoms with E-state index in [0.717, 1.165) is 0 Å². The van der Waals surface area contributed by atoms with Crippen LogP contribution in [0.1, 0.15) is 24.2 Å². The molecule has 0 amide bonds. The maximum Gasteiger partial charge on any atom is 0.338 e. The second kappa shape index (κ2) is 8.89. The van der Waals surface area contributed by atoms with Gasteiger partial charge < -0.3 is 14.0 Å². The molecule has 1 aliphatic heterocycles. The van der Waals surface area contributed by atoms with Gasteiger partial charge in [0.25, 0.3) is 5.56 Å². The Morgan fingerprint density at radius 1 is 1.10 bits per heavy atom. The van der Waals surface area contributed by atoms with Gasteiger partial charge in [0.2, 0.25) is 10.0 Å². The summed E-state index contributed by atoms with van der Waals surface area (Å²) in [6, 6.07) is 10.4. The van der Waals surface area contributed by atoms with Crippen LogP contribution in [0.4, 0.5) is 0 Å². The van der Waals surface area contributed by atoms with Crippen LogP contribution in [0, 0.1) is 0 Å². The Bertz CT molecular complexity index is 1010. The first kappa shape index (κ1) is 21.2. The third kappa shape index (κ3) is 5.11. The highest BCUT2D eigenvalue weighted by Gasteiger charge is 2.32. The van der Waals surface area contributed by atoms with E-state index >= 15 is 0 Å². The summed E-state index contributed by atoms with van der Waals surface area (Å²) < 4.78 is 39.3. The fraction of sp³-hybridized carbons (Fsp3) is 0.400. The number of nitrogens with zero attached hydrogens (tertiary/aromatic N) is 2. The zero-order valence-corrected chi connectivity index (χ0v) is 17.2. The summed E-state index contributed by atoms with van der Waals surface area (Å²) in [5.74, 6) is -0.577. The first-order chi connectivity index (χ1) is 13.8. The second-order valence-electron chi connectivity index (χ2n) is 6.97. The van der Waals surface area contributed by atoms with Crippen molar-refractivity contribution >= 4 is 16.0 Å². The molecule has 0 saturated carbocycles. The quantitative estimate of drug-likeness (QED) is 0.658. The van der Waals surface area contributed by atoms with Crippen molar-refractivity contribution in [3.63, 3.8) is 0 Å². The van der Waals surface area contributed by atoms with Gasteiger partial charge in [-0.3, -0.25) is 4.79 Å². The molecule has 0 N–H and O–H groups in total. The van der Waals surface area contributed by atoms with Gasteiger partial charge in [0.15, 0.2) is 0 Å². The van der Waals surface area contributed by atoms with Crippen molar-refractivity contribution < 1.29 is 22.7 Å². The Kier molecular flexibility index (Phi) is 6.51. The fourth-order valence-electron chi connectivity index (χ4n) is 3.20. The molecule has 0 unspecified atom stereocenters. The molecule has 3 rings (SSSR count). The highest BCUT2D eigenvalue weighted by atomic mass is 32.2. The molecule has 29 heavy (non-hydrogen) atoms. The normalized spacial score (nSPS) is 20.3. The van der Waals surface area contributed by atoms with E-state index in [-0.39, 0.29) is 54.5 Å². The molecule has 0 radical (unpaired) electrons. The molecule has 1 fully saturated rings. The van der Waals surface area contributed by atoms with Gasteiger partial charge in [0, 0.05) is 25.4 Å². The Hall–Kier alpha value is -2.49. The first-order valence-corrected chi connectivity index (χ1v) is 10.8. The number of ether oxygens (including phenoxy) is 2. The predicted octanol–water partition coefficient (Wildman–Crippen LogP) is 1.50. The summed E-state index contributed by atoms with van der Waals surface area (Å²) in [4.78, 5) is 23.9. The molecule has 2 heterocycles. The van der Waals surface area contributed by atoms with Crippen molar-refractivity contribution in [2.75, 3.05) is 19.7 Å². The molecule has 9 heteroatoms. The lowest BCUT2D eigenvalue weighted by Crippen LogP contribution is -2.48. The van der Waals surface area contributed by atoms with Crippen LogP contribution in [-0.4, -0.2) is 55.2 Å². The van der Waals surface area contributed by atoms with Crippen LogP contribution in [0.15, 0.2) is 58.4 Å². The van der Waals surface area contributed by atoms with Gasteiger partial charge in [0.05, 0.1) is 29.2 Å². The highest BCUT2D eigenvalue weighted by molar-refractivity contribution is 7.89. The Labute approximate surface area is 169 Å². The summed E-state index contributed by atoms with van der Waals surface area (Å²) >= 11 is 0. The number of pyridine rings is 1. The van der Waals surface area contributed by atoms with E-state index in [1.54, 1.807) is 18.3 Å². The summed E-state index contributed by atoms with van der Waals surface area (Å²) in [7, 11) is -3.66. The summed E-state index contributed by atoms with van der Waals surface area (Å²) in [6.45, 7) is 4.52. The maximum atomic E-state index is 12.8. The molecule has 2 atom stereocenters. The number of hydrogen-bond acceptors (Lipinski definition) is 6. The average molecular weight is 420 g/mol. The number of morpholine rings is 1. The van der Waals surface area contributed by atoms with E-state index in [0.29, 0.717) is 0 Å². The molecule has 1 aromatic heterocycles. The van der Waals surface area contributed by atoms with E-state index < -0.39 is 16.0 Å². The Balaban J connectivity index is 1.62. The largest absolute Gasteiger partial charge is 0.460 e. The van der Waals surface area contributed by atoms with Crippen molar-refractivity contribution in [3.8, 4) is 0 Å². The van der Waals surface area contributed by atoms with E-state index in [4.69, 9.17) is 9.47 Å². The standard InChI is InChI=1S/C20H24N2O6S/c1-15-13-22(14-16(2)28-15)29(25,26)18-8-6-17(7-9-18)20(24)27-12-11-21-10-4-3-5-19(21)23/h3-10,15-16H,11-14H2,1-2H3/t15-,16+. The second-order valence-corrected chi connectivity index (χ2v) is 8.91. The molecule has 8 nitrogen and oxygen atoms in total. The lowest BCUT2D eigenvalue weighted by atomic mass is 10.2. The lowest BCUT2D eigenvalue weighted by Gasteiger charge is -2.34. The van der Waals surface area contributed by atoms with Crippen LogP contribution in [0.2, 0.25) is 0 Å². The number of aromatic nitrogens is 1. The highest BCUT2D eigenvalue weighted by Crippen LogP contribution is 2.21. The number of esters is 1. The predicted molar refractivity (Wildman–Crippen MR) is 106 cm³/mol. The topological polar surface area (TPSA) is 94.9 Å². The number of rotatable bonds is 6. The molecule has 0 spiro atoms. The molecule has 156 valence electrons. The number of hydrogen-bond donors (Lipinski definition) is 0. The Morgan fingerprint density at radius 3 is 2.38 bits per heavy atom. The maximum absolute atomic E-state index is 12.8. The van der Waals surface area contributed by atoms with E-state index in [2.05, 4.69) is 0 Å². The van der Waals surface area contributed by atoms with Gasteiger partial charge in [-0.2, -0.15) is 4.31 Å². The van der Waals surface area contributed by atoms with Crippen LogP contribution in [0.25, 0.3) is 0 Å². The van der Waals surface area contributed by atoms with Crippen LogP contribution >= 0.6 is 0 Å². The SMILES string of the molecule is C[C@@H]1CN(S(=O)(=O)c2ccc(C(=O)OCCn3ccccc3=O)cc2)C[C@H](C)O1. The van der Waals surface area contributed by atoms with E-state index in [1.165, 1.54) is 39.2 Å². The van der Waals surface area contributed by atoms with Gasteiger partial charge >= 0.3 is 5.97 Å². The lowest BCUT2D eigenvalue weighted by molar-refractivity contribution is -0.0440. The molecule has 2 aromatic rings. The number of carbonyl (C=O) groups is 1. The smallest absolute Gasteiger partial charge is 0.338 e. The van der Waals surface area contributed by atoms with E-state index in [1.807, 2.05) is 13.8 Å². The molecule has 0 aliphatic carbocycles. The zero-order chi connectivity index (χ0) is 21.0. The van der Waals surface area contributed by atoms with Crippen LogP contribution in [0.5, 0.6) is 0 Å². The van der Waals surface area contributed by atoms with Gasteiger partial charge in [-0.15, -0.1) is 0 Å². The minimum absolute atomic E-state index is 0.0341. The fourth-order valence-corrected chi connectivity index (χ4v) is 4.79. The van der Waals surface area contributed by atoms with Crippen molar-refractivity contribution in [2.24, 2.45) is 0 Å². The van der Waals surface area contributed by atoms with Crippen LogP contribution in [0.3, 0.4) is 0 Å². The van der Waals surface area contributed by atoms with Crippen LogP contribution < -0.4 is 5.56 Å². The molecule has 1 aliphatic rings. The third-order valence-corrected chi connectivity index (χ3v) is 6.42. The molecule has 0 bridgehead atoms. The van der Waals surface area contributed by atoms with E-state index in [9.17, 15) is 18.0 Å². The van der Waals surface area contributed by atoms with Gasteiger partial charge in [-0.25, -0.2) is 13.2 Å². The minimum atomic E-state index is -3.66. The number of benzene rings is 1. The molecule has 1 aromatic carbocycles. The van der Waals surface area contributed by atoms with Crippen molar-refractivity contribution in [2.45, 2.75) is 37.5 Å². The van der Waals surface area contributed by atoms with Crippen molar-refractivity contribution in [1.29, 1.82) is 0 Å². The number of sulfonamides is 1. The summed E-state index contributed by atoms with van der Waals surface area (Å²) in [6.07, 6.45) is 1.25. The van der Waals surface area contributed by atoms with Gasteiger partial charge in [-0.1, -0.05) is 6.07 Å². The summed E-state index contributed by atoms with van der Waals surface area (Å²) in [5, 5.41) is 0. The molecular formula is C20H24N2O6S. The number of carbonyl (C=O) groups excluding carboxylic acids is 1. The van der Waals surface area contributed by atoms with Crippen molar-refractivity contribution in [1.82, 2.24) is 8.87 Å². The minimum Gasteiger partial charge on any atom is -0.460 e. The third-order valence-electron chi connectivity index (χ3n) is 4.58. The zero-order valence-electron chi connectivity index (χ0n) is 16.4. The van der Waals surface area contributed by atoms with Gasteiger partial charge in [-0.05, 0) is 44.2 Å². The average Bonchev–Trinajstić information content (AvgIpc) is 2.68.